The maximum absolute atomic E-state index is 12.5. The van der Waals surface area contributed by atoms with Crippen LogP contribution in [-0.2, 0) is 40.9 Å². The average Bonchev–Trinajstić information content (AvgIpc) is 2.64. The number of hydrogen-bond donors (Lipinski definition) is 1. The van der Waals surface area contributed by atoms with Crippen molar-refractivity contribution in [2.45, 2.75) is 46.5 Å². The molecule has 0 spiro atoms. The van der Waals surface area contributed by atoms with Crippen LogP contribution >= 0.6 is 16.9 Å². The minimum atomic E-state index is -3.64. The number of likely N-dealkylation sites (N-methyl/N-ethyl adjacent to an activating group) is 1. The molecule has 0 heterocycles. The van der Waals surface area contributed by atoms with Gasteiger partial charge in [0, 0.05) is 26.5 Å². The van der Waals surface area contributed by atoms with E-state index in [1.807, 2.05) is 13.8 Å². The van der Waals surface area contributed by atoms with Gasteiger partial charge in [0.2, 0.25) is 10.0 Å². The van der Waals surface area contributed by atoms with Gasteiger partial charge < -0.3 is 9.47 Å². The molecule has 0 rings (SSSR count). The van der Waals surface area contributed by atoms with E-state index < -0.39 is 27.4 Å². The highest BCUT2D eigenvalue weighted by atomic mass is 32.9. The minimum absolute atomic E-state index is 0.133. The molecule has 0 radical (unpaired) electrons. The molecule has 1 atom stereocenters. The number of methoxy groups -OCH3 is 1. The van der Waals surface area contributed by atoms with Gasteiger partial charge >= 0.3 is 11.9 Å². The van der Waals surface area contributed by atoms with Gasteiger partial charge in [-0.3, -0.25) is 9.46 Å². The zero-order valence-corrected chi connectivity index (χ0v) is 20.6. The summed E-state index contributed by atoms with van der Waals surface area (Å²) in [5.74, 6) is -1.32. The second kappa shape index (κ2) is 13.9. The van der Waals surface area contributed by atoms with Crippen molar-refractivity contribution in [3.05, 3.63) is 0 Å². The molecule has 0 aromatic rings. The lowest BCUT2D eigenvalue weighted by Gasteiger charge is -2.31. The first kappa shape index (κ1) is 27.8. The molecule has 0 saturated heterocycles. The Kier molecular flexibility index (Phi) is 13.8. The van der Waals surface area contributed by atoms with E-state index in [4.69, 9.17) is 21.3 Å². The maximum atomic E-state index is 12.5. The van der Waals surface area contributed by atoms with E-state index >= 15 is 0 Å². The van der Waals surface area contributed by atoms with Crippen LogP contribution in [0.1, 0.15) is 46.5 Å². The number of carbonyl (C=O) groups is 2. The van der Waals surface area contributed by atoms with Gasteiger partial charge in [-0.1, -0.05) is 31.7 Å². The van der Waals surface area contributed by atoms with Crippen LogP contribution in [0.4, 0.5) is 0 Å². The lowest BCUT2D eigenvalue weighted by Crippen LogP contribution is -2.37. The molecule has 8 nitrogen and oxygen atoms in total. The van der Waals surface area contributed by atoms with E-state index in [0.717, 1.165) is 23.9 Å². The Labute approximate surface area is 178 Å². The van der Waals surface area contributed by atoms with Crippen LogP contribution in [0.25, 0.3) is 0 Å². The SMILES string of the molecule is CCS(=O)(=O)NP(=S)(SCC(C)C)N(C)C(=O)C(=O)OCCCCCCOC. The van der Waals surface area contributed by atoms with E-state index in [1.54, 1.807) is 7.11 Å². The molecule has 28 heavy (non-hydrogen) atoms. The predicted octanol–water partition coefficient (Wildman–Crippen LogP) is 2.75. The molecule has 166 valence electrons. The lowest BCUT2D eigenvalue weighted by atomic mass is 10.2. The van der Waals surface area contributed by atoms with Gasteiger partial charge in [0.05, 0.1) is 12.4 Å². The molecule has 0 aliphatic heterocycles. The molecule has 0 aliphatic rings. The van der Waals surface area contributed by atoms with Gasteiger partial charge in [0.1, 0.15) is 0 Å². The number of hydrogen-bond acceptors (Lipinski definition) is 8. The van der Waals surface area contributed by atoms with Crippen molar-refractivity contribution in [2.75, 3.05) is 38.9 Å². The second-order valence-electron chi connectivity index (χ2n) is 6.58. The topological polar surface area (TPSA) is 102 Å². The van der Waals surface area contributed by atoms with Gasteiger partial charge in [0.25, 0.3) is 0 Å². The van der Waals surface area contributed by atoms with E-state index in [9.17, 15) is 18.0 Å². The quantitative estimate of drug-likeness (QED) is 0.177. The fourth-order valence-corrected chi connectivity index (χ4v) is 11.0. The molecule has 0 bridgehead atoms. The summed E-state index contributed by atoms with van der Waals surface area (Å²) in [6, 6.07) is 0. The van der Waals surface area contributed by atoms with Crippen LogP contribution < -0.4 is 4.49 Å². The molecule has 1 unspecified atom stereocenters. The number of esters is 1. The summed E-state index contributed by atoms with van der Waals surface area (Å²) in [6.45, 7) is 6.23. The molecular formula is C16H33N2O6PS3. The molecule has 0 saturated carbocycles. The number of carbonyl (C=O) groups excluding carboxylic acids is 2. The minimum Gasteiger partial charge on any atom is -0.459 e. The molecular weight excluding hydrogens is 443 g/mol. The fourth-order valence-electron chi connectivity index (χ4n) is 1.84. The first-order valence-corrected chi connectivity index (χ1v) is 15.2. The summed E-state index contributed by atoms with van der Waals surface area (Å²) >= 11 is 6.71. The Morgan fingerprint density at radius 1 is 1.18 bits per heavy atom. The van der Waals surface area contributed by atoms with Gasteiger partial charge in [-0.15, -0.1) is 0 Å². The Morgan fingerprint density at radius 2 is 1.75 bits per heavy atom. The van der Waals surface area contributed by atoms with Crippen molar-refractivity contribution >= 4 is 50.6 Å². The van der Waals surface area contributed by atoms with Crippen LogP contribution in [-0.4, -0.2) is 63.8 Å². The zero-order chi connectivity index (χ0) is 21.8. The van der Waals surface area contributed by atoms with Crippen molar-refractivity contribution < 1.29 is 27.5 Å². The van der Waals surface area contributed by atoms with Crippen LogP contribution in [0.15, 0.2) is 0 Å². The molecule has 1 amide bonds. The summed E-state index contributed by atoms with van der Waals surface area (Å²) in [7, 11) is -0.651. The fraction of sp³-hybridized carbons (Fsp3) is 0.875. The van der Waals surface area contributed by atoms with Crippen molar-refractivity contribution in [1.29, 1.82) is 0 Å². The standard InChI is InChI=1S/C16H33N2O6PS3/c1-6-28(21,22)17-25(26,27-13-14(2)3)18(4)15(19)16(20)24-12-10-8-7-9-11-23-5/h14H,6-13H2,1-5H3,(H,17,26). The van der Waals surface area contributed by atoms with Gasteiger partial charge in [-0.2, -0.15) is 4.49 Å². The molecule has 1 N–H and O–H groups in total. The van der Waals surface area contributed by atoms with Crippen LogP contribution in [0.5, 0.6) is 0 Å². The number of unbranched alkanes of at least 4 members (excludes halogenated alkanes) is 3. The molecule has 0 aromatic heterocycles. The highest BCUT2D eigenvalue weighted by Crippen LogP contribution is 2.58. The number of nitrogens with zero attached hydrogens (tertiary/aromatic N) is 1. The summed E-state index contributed by atoms with van der Waals surface area (Å²) < 4.78 is 37.6. The highest BCUT2D eigenvalue weighted by Gasteiger charge is 2.35. The largest absolute Gasteiger partial charge is 0.459 e. The van der Waals surface area contributed by atoms with E-state index in [1.165, 1.54) is 25.4 Å². The van der Waals surface area contributed by atoms with E-state index in [2.05, 4.69) is 4.49 Å². The molecule has 0 fully saturated rings. The summed E-state index contributed by atoms with van der Waals surface area (Å²) in [6.07, 6.45) is 3.38. The maximum Gasteiger partial charge on any atom is 0.397 e. The lowest BCUT2D eigenvalue weighted by molar-refractivity contribution is -0.157. The van der Waals surface area contributed by atoms with Crippen molar-refractivity contribution in [3.8, 4) is 0 Å². The van der Waals surface area contributed by atoms with Gasteiger partial charge in [-0.25, -0.2) is 13.2 Å². The molecule has 0 aromatic carbocycles. The van der Waals surface area contributed by atoms with Crippen molar-refractivity contribution in [3.63, 3.8) is 0 Å². The average molecular weight is 477 g/mol. The van der Waals surface area contributed by atoms with Gasteiger partial charge in [-0.05, 0) is 43.9 Å². The Bertz CT molecular complexity index is 642. The Morgan fingerprint density at radius 3 is 2.25 bits per heavy atom. The number of amides is 1. The van der Waals surface area contributed by atoms with E-state index in [0.29, 0.717) is 18.8 Å². The van der Waals surface area contributed by atoms with Crippen LogP contribution in [0, 0.1) is 5.92 Å². The number of ether oxygens (including phenoxy) is 2. The monoisotopic (exact) mass is 476 g/mol. The van der Waals surface area contributed by atoms with Gasteiger partial charge in [0.15, 0.2) is 5.54 Å². The number of sulfonamides is 1. The number of nitrogens with one attached hydrogen (secondary N) is 1. The summed E-state index contributed by atoms with van der Waals surface area (Å²) in [5, 5.41) is 0. The number of rotatable bonds is 14. The Hall–Kier alpha value is -0.190. The summed E-state index contributed by atoms with van der Waals surface area (Å²) in [4.78, 5) is 24.6. The first-order chi connectivity index (χ1) is 13.0. The van der Waals surface area contributed by atoms with E-state index in [-0.39, 0.29) is 18.3 Å². The Balaban J connectivity index is 4.86. The van der Waals surface area contributed by atoms with Crippen molar-refractivity contribution in [2.24, 2.45) is 5.92 Å². The third kappa shape index (κ3) is 11.1. The smallest absolute Gasteiger partial charge is 0.397 e. The second-order valence-corrected chi connectivity index (χ2v) is 16.0. The van der Waals surface area contributed by atoms with Crippen molar-refractivity contribution in [1.82, 2.24) is 9.16 Å². The zero-order valence-electron chi connectivity index (χ0n) is 17.3. The molecule has 12 heteroatoms. The third-order valence-corrected chi connectivity index (χ3v) is 13.7. The summed E-state index contributed by atoms with van der Waals surface area (Å²) in [5.41, 5.74) is -3.09. The first-order valence-electron chi connectivity index (χ1n) is 9.19. The van der Waals surface area contributed by atoms with Crippen LogP contribution in [0.3, 0.4) is 0 Å². The third-order valence-electron chi connectivity index (χ3n) is 3.56. The molecule has 0 aliphatic carbocycles. The van der Waals surface area contributed by atoms with Crippen LogP contribution in [0.2, 0.25) is 0 Å². The normalized spacial score (nSPS) is 13.9. The predicted molar refractivity (Wildman–Crippen MR) is 118 cm³/mol. The highest BCUT2D eigenvalue weighted by molar-refractivity contribution is 8.70.